The molecule has 0 aliphatic carbocycles. The van der Waals surface area contributed by atoms with Crippen molar-refractivity contribution in [2.24, 2.45) is 5.92 Å². The van der Waals surface area contributed by atoms with Gasteiger partial charge in [0.25, 0.3) is 11.8 Å². The third kappa shape index (κ3) is 3.47. The molecule has 1 aromatic carbocycles. The molecule has 7 heteroatoms. The highest BCUT2D eigenvalue weighted by Crippen LogP contribution is 2.25. The quantitative estimate of drug-likeness (QED) is 0.535. The van der Waals surface area contributed by atoms with Crippen molar-refractivity contribution in [3.05, 3.63) is 72.6 Å². The summed E-state index contributed by atoms with van der Waals surface area (Å²) in [6, 6.07) is 13.4. The monoisotopic (exact) mass is 385 g/mol. The number of amides is 1. The van der Waals surface area contributed by atoms with E-state index in [0.717, 1.165) is 22.8 Å². The Hall–Kier alpha value is -3.61. The highest BCUT2D eigenvalue weighted by Gasteiger charge is 2.29. The Labute approximate surface area is 167 Å². The molecule has 3 aromatic heterocycles. The van der Waals surface area contributed by atoms with Crippen LogP contribution in [0.25, 0.3) is 22.2 Å². The molecule has 0 radical (unpaired) electrons. The summed E-state index contributed by atoms with van der Waals surface area (Å²) >= 11 is 0. The first kappa shape index (κ1) is 17.5. The molecule has 1 amide bonds. The Morgan fingerprint density at radius 1 is 1.10 bits per heavy atom. The van der Waals surface area contributed by atoms with Crippen LogP contribution in [-0.4, -0.2) is 44.0 Å². The zero-order chi connectivity index (χ0) is 19.6. The number of likely N-dealkylation sites (tertiary alicyclic amines) is 1. The van der Waals surface area contributed by atoms with Crippen molar-refractivity contribution < 1.29 is 9.32 Å². The van der Waals surface area contributed by atoms with Gasteiger partial charge in [-0.1, -0.05) is 29.4 Å². The Morgan fingerprint density at radius 3 is 2.86 bits per heavy atom. The molecule has 1 aliphatic heterocycles. The molecule has 4 heterocycles. The Kier molecular flexibility index (Phi) is 4.48. The minimum Gasteiger partial charge on any atom is -0.337 e. The van der Waals surface area contributed by atoms with Gasteiger partial charge in [-0.25, -0.2) is 0 Å². The summed E-state index contributed by atoms with van der Waals surface area (Å²) in [6.07, 6.45) is 6.68. The van der Waals surface area contributed by atoms with E-state index in [9.17, 15) is 4.79 Å². The van der Waals surface area contributed by atoms with Crippen molar-refractivity contribution in [3.8, 4) is 11.5 Å². The Morgan fingerprint density at radius 2 is 1.97 bits per heavy atom. The summed E-state index contributed by atoms with van der Waals surface area (Å²) in [7, 11) is 0. The van der Waals surface area contributed by atoms with Gasteiger partial charge in [-0.2, -0.15) is 4.98 Å². The first-order valence-electron chi connectivity index (χ1n) is 9.64. The van der Waals surface area contributed by atoms with Crippen molar-refractivity contribution in [1.29, 1.82) is 0 Å². The highest BCUT2D eigenvalue weighted by molar-refractivity contribution is 6.05. The van der Waals surface area contributed by atoms with E-state index in [4.69, 9.17) is 4.52 Å². The fourth-order valence-corrected chi connectivity index (χ4v) is 3.83. The normalized spacial score (nSPS) is 16.4. The average molecular weight is 385 g/mol. The van der Waals surface area contributed by atoms with E-state index in [0.29, 0.717) is 42.8 Å². The largest absolute Gasteiger partial charge is 0.337 e. The lowest BCUT2D eigenvalue weighted by atomic mass is 10.0. The molecule has 0 N–H and O–H groups in total. The molecular weight excluding hydrogens is 366 g/mol. The summed E-state index contributed by atoms with van der Waals surface area (Å²) in [4.78, 5) is 27.8. The third-order valence-corrected chi connectivity index (χ3v) is 5.32. The van der Waals surface area contributed by atoms with Crippen molar-refractivity contribution in [3.63, 3.8) is 0 Å². The smallest absolute Gasteiger partial charge is 0.273 e. The molecule has 7 nitrogen and oxygen atoms in total. The summed E-state index contributed by atoms with van der Waals surface area (Å²) < 4.78 is 5.37. The van der Waals surface area contributed by atoms with E-state index >= 15 is 0 Å². The number of rotatable bonds is 4. The predicted octanol–water partition coefficient (Wildman–Crippen LogP) is 3.38. The van der Waals surface area contributed by atoms with Crippen molar-refractivity contribution >= 4 is 16.7 Å². The van der Waals surface area contributed by atoms with Crippen LogP contribution < -0.4 is 0 Å². The van der Waals surface area contributed by atoms with E-state index in [1.54, 1.807) is 18.6 Å². The number of nitrogens with zero attached hydrogens (tertiary/aromatic N) is 5. The maximum Gasteiger partial charge on any atom is 0.273 e. The topological polar surface area (TPSA) is 85.0 Å². The number of pyridine rings is 2. The van der Waals surface area contributed by atoms with Gasteiger partial charge in [-0.3, -0.25) is 14.8 Å². The minimum absolute atomic E-state index is 0.0186. The van der Waals surface area contributed by atoms with Crippen LogP contribution in [0.4, 0.5) is 0 Å². The zero-order valence-corrected chi connectivity index (χ0v) is 15.7. The molecule has 1 fully saturated rings. The fraction of sp³-hybridized carbons (Fsp3) is 0.227. The molecule has 29 heavy (non-hydrogen) atoms. The van der Waals surface area contributed by atoms with E-state index in [1.165, 1.54) is 0 Å². The molecule has 4 aromatic rings. The van der Waals surface area contributed by atoms with E-state index in [1.807, 2.05) is 47.4 Å². The zero-order valence-electron chi connectivity index (χ0n) is 15.7. The lowest BCUT2D eigenvalue weighted by Crippen LogP contribution is -2.29. The number of carbonyl (C=O) groups excluding carboxylic acids is 1. The second-order valence-electron chi connectivity index (χ2n) is 7.24. The van der Waals surface area contributed by atoms with Crippen LogP contribution in [0.1, 0.15) is 22.7 Å². The van der Waals surface area contributed by atoms with Crippen LogP contribution in [0.5, 0.6) is 0 Å². The summed E-state index contributed by atoms with van der Waals surface area (Å²) in [6.45, 7) is 1.38. The summed E-state index contributed by atoms with van der Waals surface area (Å²) in [5, 5.41) is 6.02. The van der Waals surface area contributed by atoms with Gasteiger partial charge in [0.15, 0.2) is 5.82 Å². The number of aromatic nitrogens is 4. The van der Waals surface area contributed by atoms with Crippen LogP contribution in [-0.2, 0) is 6.42 Å². The average Bonchev–Trinajstić information content (AvgIpc) is 3.44. The predicted molar refractivity (Wildman–Crippen MR) is 107 cm³/mol. The Bertz CT molecular complexity index is 1150. The van der Waals surface area contributed by atoms with Gasteiger partial charge in [0.1, 0.15) is 5.69 Å². The van der Waals surface area contributed by atoms with Crippen LogP contribution in [0, 0.1) is 5.92 Å². The summed E-state index contributed by atoms with van der Waals surface area (Å²) in [5.74, 6) is 1.44. The van der Waals surface area contributed by atoms with Gasteiger partial charge in [0.05, 0.1) is 0 Å². The van der Waals surface area contributed by atoms with Crippen LogP contribution in [0.2, 0.25) is 0 Å². The molecule has 1 atom stereocenters. The van der Waals surface area contributed by atoms with E-state index in [2.05, 4.69) is 20.1 Å². The maximum absolute atomic E-state index is 13.1. The number of benzene rings is 1. The second-order valence-corrected chi connectivity index (χ2v) is 7.24. The van der Waals surface area contributed by atoms with Crippen molar-refractivity contribution in [2.75, 3.05) is 13.1 Å². The molecular formula is C22H19N5O2. The standard InChI is InChI=1S/C22H19N5O2/c28-22(20-18-4-2-1-3-16(18)7-11-24-20)27-12-8-15(14-27)13-19-25-21(29-26-19)17-5-9-23-10-6-17/h1-7,9-11,15H,8,12-14H2. The van der Waals surface area contributed by atoms with Crippen LogP contribution in [0.15, 0.2) is 65.6 Å². The highest BCUT2D eigenvalue weighted by atomic mass is 16.5. The lowest BCUT2D eigenvalue weighted by molar-refractivity contribution is 0.0783. The minimum atomic E-state index is -0.0186. The maximum atomic E-state index is 13.1. The Balaban J connectivity index is 1.28. The van der Waals surface area contributed by atoms with Crippen molar-refractivity contribution in [2.45, 2.75) is 12.8 Å². The number of hydrogen-bond acceptors (Lipinski definition) is 6. The second kappa shape index (κ2) is 7.43. The van der Waals surface area contributed by atoms with Gasteiger partial charge in [0.2, 0.25) is 0 Å². The number of carbonyl (C=O) groups is 1. The third-order valence-electron chi connectivity index (χ3n) is 5.32. The first-order chi connectivity index (χ1) is 14.3. The van der Waals surface area contributed by atoms with Gasteiger partial charge >= 0.3 is 0 Å². The SMILES string of the molecule is O=C(c1nccc2ccccc12)N1CCC(Cc2noc(-c3ccncc3)n2)C1. The van der Waals surface area contributed by atoms with Gasteiger partial charge in [0, 0.05) is 49.1 Å². The molecule has 0 saturated carbocycles. The number of fused-ring (bicyclic) bond motifs is 1. The first-order valence-corrected chi connectivity index (χ1v) is 9.64. The molecule has 5 rings (SSSR count). The fourth-order valence-electron chi connectivity index (χ4n) is 3.83. The summed E-state index contributed by atoms with van der Waals surface area (Å²) in [5.41, 5.74) is 1.37. The van der Waals surface area contributed by atoms with Gasteiger partial charge < -0.3 is 9.42 Å². The molecule has 1 saturated heterocycles. The molecule has 0 bridgehead atoms. The van der Waals surface area contributed by atoms with E-state index in [-0.39, 0.29) is 5.91 Å². The van der Waals surface area contributed by atoms with Crippen molar-refractivity contribution in [1.82, 2.24) is 25.0 Å². The number of hydrogen-bond donors (Lipinski definition) is 0. The molecule has 0 spiro atoms. The molecule has 1 aliphatic rings. The van der Waals surface area contributed by atoms with Crippen LogP contribution in [0.3, 0.4) is 0 Å². The van der Waals surface area contributed by atoms with Crippen LogP contribution >= 0.6 is 0 Å². The van der Waals surface area contributed by atoms with Gasteiger partial charge in [-0.15, -0.1) is 0 Å². The molecule has 1 unspecified atom stereocenters. The van der Waals surface area contributed by atoms with Gasteiger partial charge in [-0.05, 0) is 35.9 Å². The lowest BCUT2D eigenvalue weighted by Gasteiger charge is -2.16. The van der Waals surface area contributed by atoms with E-state index < -0.39 is 0 Å². The molecule has 144 valence electrons.